The van der Waals surface area contributed by atoms with E-state index < -0.39 is 15.9 Å². The minimum atomic E-state index is -3.68. The number of carbonyl (C=O) groups is 1. The van der Waals surface area contributed by atoms with E-state index in [2.05, 4.69) is 10.3 Å². The van der Waals surface area contributed by atoms with Gasteiger partial charge in [0.15, 0.2) is 5.03 Å². The lowest BCUT2D eigenvalue weighted by Gasteiger charge is -2.30. The molecule has 3 rings (SSSR count). The van der Waals surface area contributed by atoms with Gasteiger partial charge in [-0.3, -0.25) is 4.79 Å². The van der Waals surface area contributed by atoms with Gasteiger partial charge in [-0.15, -0.1) is 0 Å². The Morgan fingerprint density at radius 1 is 1.31 bits per heavy atom. The van der Waals surface area contributed by atoms with Crippen molar-refractivity contribution in [1.29, 1.82) is 0 Å². The molecule has 0 unspecified atom stereocenters. The summed E-state index contributed by atoms with van der Waals surface area (Å²) in [4.78, 5) is 16.5. The van der Waals surface area contributed by atoms with Crippen LogP contribution in [0.2, 0.25) is 0 Å². The van der Waals surface area contributed by atoms with Crippen LogP contribution in [0.15, 0.2) is 41.8 Å². The number of rotatable bonds is 5. The van der Waals surface area contributed by atoms with Gasteiger partial charge in [-0.1, -0.05) is 0 Å². The summed E-state index contributed by atoms with van der Waals surface area (Å²) in [5.74, 6) is 0.119. The smallest absolute Gasteiger partial charge is 0.262 e. The molecule has 0 aliphatic carbocycles. The molecule has 1 aliphatic rings. The molecule has 0 bridgehead atoms. The first-order valence-corrected chi connectivity index (χ1v) is 9.77. The Labute approximate surface area is 152 Å². The summed E-state index contributed by atoms with van der Waals surface area (Å²) in [6, 6.07) is 7.02. The molecule has 9 heteroatoms. The van der Waals surface area contributed by atoms with Crippen molar-refractivity contribution in [2.24, 2.45) is 13.0 Å². The van der Waals surface area contributed by atoms with Gasteiger partial charge < -0.3 is 14.6 Å². The number of carbonyl (C=O) groups excluding carboxylic acids is 1. The van der Waals surface area contributed by atoms with Gasteiger partial charge in [0.1, 0.15) is 5.75 Å². The molecule has 26 heavy (non-hydrogen) atoms. The number of hydrogen-bond acceptors (Lipinski definition) is 5. The molecule has 1 aromatic carbocycles. The summed E-state index contributed by atoms with van der Waals surface area (Å²) < 4.78 is 33.4. The van der Waals surface area contributed by atoms with Gasteiger partial charge in [-0.2, -0.15) is 4.31 Å². The van der Waals surface area contributed by atoms with Gasteiger partial charge in [0, 0.05) is 32.0 Å². The van der Waals surface area contributed by atoms with Gasteiger partial charge in [0.05, 0.1) is 19.4 Å². The molecule has 8 nitrogen and oxygen atoms in total. The van der Waals surface area contributed by atoms with Crippen LogP contribution in [0.3, 0.4) is 0 Å². The highest BCUT2D eigenvalue weighted by atomic mass is 32.2. The van der Waals surface area contributed by atoms with Crippen LogP contribution in [0.1, 0.15) is 12.8 Å². The monoisotopic (exact) mass is 378 g/mol. The molecular weight excluding hydrogens is 356 g/mol. The Morgan fingerprint density at radius 2 is 2.04 bits per heavy atom. The van der Waals surface area contributed by atoms with E-state index in [1.165, 1.54) is 16.8 Å². The van der Waals surface area contributed by atoms with Gasteiger partial charge >= 0.3 is 0 Å². The summed E-state index contributed by atoms with van der Waals surface area (Å²) in [6.45, 7) is 0.548. The van der Waals surface area contributed by atoms with E-state index >= 15 is 0 Å². The van der Waals surface area contributed by atoms with Crippen LogP contribution in [0.25, 0.3) is 0 Å². The number of aromatic nitrogens is 2. The number of aryl methyl sites for hydroxylation is 1. The maximum Gasteiger partial charge on any atom is 0.262 e. The summed E-state index contributed by atoms with van der Waals surface area (Å²) >= 11 is 0. The maximum atomic E-state index is 12.7. The van der Waals surface area contributed by atoms with E-state index in [9.17, 15) is 13.2 Å². The Kier molecular flexibility index (Phi) is 5.28. The number of hydrogen-bond donors (Lipinski definition) is 1. The minimum absolute atomic E-state index is 0.0104. The van der Waals surface area contributed by atoms with Crippen LogP contribution >= 0.6 is 0 Å². The lowest BCUT2D eigenvalue weighted by Crippen LogP contribution is -2.43. The fourth-order valence-corrected chi connectivity index (χ4v) is 4.44. The van der Waals surface area contributed by atoms with Crippen molar-refractivity contribution >= 4 is 21.6 Å². The molecule has 1 atom stereocenters. The van der Waals surface area contributed by atoms with Crippen LogP contribution < -0.4 is 10.1 Å². The van der Waals surface area contributed by atoms with Gasteiger partial charge in [-0.25, -0.2) is 13.4 Å². The van der Waals surface area contributed by atoms with Crippen LogP contribution in [0, 0.1) is 5.92 Å². The van der Waals surface area contributed by atoms with E-state index in [1.807, 2.05) is 0 Å². The number of nitrogens with zero attached hydrogens (tertiary/aromatic N) is 3. The predicted molar refractivity (Wildman–Crippen MR) is 96.3 cm³/mol. The van der Waals surface area contributed by atoms with E-state index in [4.69, 9.17) is 4.74 Å². The molecular formula is C17H22N4O4S. The third kappa shape index (κ3) is 3.88. The number of anilines is 1. The standard InChI is InChI=1S/C17H22N4O4S/c1-20-11-16(18-12-20)26(23,24)21-9-3-4-13(10-21)17(22)19-14-5-7-15(25-2)8-6-14/h5-8,11-13H,3-4,9-10H2,1-2H3,(H,19,22)/t13-/m1/s1. The SMILES string of the molecule is COc1ccc(NC(=O)[C@@H]2CCCN(S(=O)(=O)c3cn(C)cn3)C2)cc1. The average Bonchev–Trinajstić information content (AvgIpc) is 3.10. The van der Waals surface area contributed by atoms with E-state index in [-0.39, 0.29) is 17.5 Å². The number of methoxy groups -OCH3 is 1. The van der Waals surface area contributed by atoms with Crippen LogP contribution in [0.4, 0.5) is 5.69 Å². The van der Waals surface area contributed by atoms with Crippen molar-refractivity contribution in [3.8, 4) is 5.75 Å². The van der Waals surface area contributed by atoms with Crippen molar-refractivity contribution in [3.05, 3.63) is 36.8 Å². The zero-order chi connectivity index (χ0) is 18.7. The summed E-state index contributed by atoms with van der Waals surface area (Å²) in [5, 5.41) is 2.85. The largest absolute Gasteiger partial charge is 0.497 e. The normalized spacial score (nSPS) is 18.5. The first-order chi connectivity index (χ1) is 12.4. The van der Waals surface area contributed by atoms with Gasteiger partial charge in [0.25, 0.3) is 10.0 Å². The Hall–Kier alpha value is -2.39. The van der Waals surface area contributed by atoms with Gasteiger partial charge in [-0.05, 0) is 37.1 Å². The topological polar surface area (TPSA) is 93.5 Å². The zero-order valence-corrected chi connectivity index (χ0v) is 15.6. The lowest BCUT2D eigenvalue weighted by atomic mass is 9.99. The van der Waals surface area contributed by atoms with Crippen molar-refractivity contribution in [3.63, 3.8) is 0 Å². The van der Waals surface area contributed by atoms with Crippen LogP contribution in [-0.2, 0) is 21.9 Å². The molecule has 1 amide bonds. The van der Waals surface area contributed by atoms with Crippen molar-refractivity contribution in [1.82, 2.24) is 13.9 Å². The van der Waals surface area contributed by atoms with E-state index in [0.29, 0.717) is 30.8 Å². The predicted octanol–water partition coefficient (Wildman–Crippen LogP) is 1.47. The number of ether oxygens (including phenoxy) is 1. The molecule has 1 saturated heterocycles. The molecule has 140 valence electrons. The number of sulfonamides is 1. The Bertz CT molecular complexity index is 876. The number of nitrogens with one attached hydrogen (secondary N) is 1. The second-order valence-corrected chi connectivity index (χ2v) is 8.18. The molecule has 0 saturated carbocycles. The third-order valence-corrected chi connectivity index (χ3v) is 6.15. The molecule has 1 fully saturated rings. The lowest BCUT2D eigenvalue weighted by molar-refractivity contribution is -0.120. The fourth-order valence-electron chi connectivity index (χ4n) is 2.95. The van der Waals surface area contributed by atoms with Crippen LogP contribution in [0.5, 0.6) is 5.75 Å². The second-order valence-electron chi connectivity index (χ2n) is 6.30. The van der Waals surface area contributed by atoms with Gasteiger partial charge in [0.2, 0.25) is 5.91 Å². The second kappa shape index (κ2) is 7.46. The third-order valence-electron chi connectivity index (χ3n) is 4.40. The summed E-state index contributed by atoms with van der Waals surface area (Å²) in [5.41, 5.74) is 0.653. The molecule has 0 radical (unpaired) electrons. The minimum Gasteiger partial charge on any atom is -0.497 e. The van der Waals surface area contributed by atoms with Crippen LogP contribution in [-0.4, -0.2) is 48.4 Å². The highest BCUT2D eigenvalue weighted by molar-refractivity contribution is 7.89. The Balaban J connectivity index is 1.68. The molecule has 0 spiro atoms. The number of amides is 1. The molecule has 2 heterocycles. The van der Waals surface area contributed by atoms with Crippen molar-refractivity contribution in [2.75, 3.05) is 25.5 Å². The fraction of sp³-hybridized carbons (Fsp3) is 0.412. The summed E-state index contributed by atoms with van der Waals surface area (Å²) in [6.07, 6.45) is 4.20. The van der Waals surface area contributed by atoms with Crippen molar-refractivity contribution < 1.29 is 17.9 Å². The maximum absolute atomic E-state index is 12.7. The number of piperidine rings is 1. The average molecular weight is 378 g/mol. The highest BCUT2D eigenvalue weighted by Crippen LogP contribution is 2.24. The quantitative estimate of drug-likeness (QED) is 0.850. The van der Waals surface area contributed by atoms with E-state index in [0.717, 1.165) is 0 Å². The first kappa shape index (κ1) is 18.4. The number of benzene rings is 1. The molecule has 2 aromatic rings. The molecule has 1 aliphatic heterocycles. The zero-order valence-electron chi connectivity index (χ0n) is 14.8. The number of imidazole rings is 1. The van der Waals surface area contributed by atoms with E-state index in [1.54, 1.807) is 43.0 Å². The van der Waals surface area contributed by atoms with Crippen molar-refractivity contribution in [2.45, 2.75) is 17.9 Å². The summed E-state index contributed by atoms with van der Waals surface area (Å²) in [7, 11) is -0.393. The first-order valence-electron chi connectivity index (χ1n) is 8.33. The molecule has 1 N–H and O–H groups in total. The molecule has 1 aromatic heterocycles. The Morgan fingerprint density at radius 3 is 2.65 bits per heavy atom. The highest BCUT2D eigenvalue weighted by Gasteiger charge is 2.34.